The van der Waals surface area contributed by atoms with Gasteiger partial charge >= 0.3 is 0 Å². The molecule has 188 valence electrons. The van der Waals surface area contributed by atoms with Gasteiger partial charge in [-0.25, -0.2) is 0 Å². The summed E-state index contributed by atoms with van der Waals surface area (Å²) in [6.45, 7) is 19.6. The van der Waals surface area contributed by atoms with Crippen molar-refractivity contribution in [3.8, 4) is 10.4 Å². The fourth-order valence-electron chi connectivity index (χ4n) is 6.48. The van der Waals surface area contributed by atoms with E-state index in [9.17, 15) is 0 Å². The van der Waals surface area contributed by atoms with Crippen LogP contribution in [0.15, 0.2) is 42.5 Å². The Morgan fingerprint density at radius 3 is 1.89 bits per heavy atom. The first kappa shape index (κ1) is 26.6. The lowest BCUT2D eigenvalue weighted by Crippen LogP contribution is -2.47. The van der Waals surface area contributed by atoms with Crippen molar-refractivity contribution in [3.63, 3.8) is 0 Å². The van der Waals surface area contributed by atoms with Gasteiger partial charge in [0.1, 0.15) is 0 Å². The summed E-state index contributed by atoms with van der Waals surface area (Å²) < 4.78 is 6.95. The molecule has 4 rings (SSSR count). The number of aryl methyl sites for hydroxylation is 2. The number of hydrogen-bond acceptors (Lipinski definition) is 3. The van der Waals surface area contributed by atoms with E-state index in [4.69, 9.17) is 4.43 Å². The van der Waals surface area contributed by atoms with Gasteiger partial charge in [0.25, 0.3) is 0 Å². The highest BCUT2D eigenvalue weighted by Crippen LogP contribution is 2.47. The first-order valence-electron chi connectivity index (χ1n) is 13.3. The lowest BCUT2D eigenvalue weighted by molar-refractivity contribution is 0.269. The first-order valence-corrected chi connectivity index (χ1v) is 17.0. The molecule has 0 atom stereocenters. The molecule has 0 N–H and O–H groups in total. The molecule has 0 spiro atoms. The third-order valence-corrected chi connectivity index (χ3v) is 16.2. The van der Waals surface area contributed by atoms with E-state index in [1.807, 2.05) is 22.7 Å². The lowest BCUT2D eigenvalue weighted by Gasteiger charge is -2.42. The smallest absolute Gasteiger partial charge is 0.200 e. The molecule has 0 saturated heterocycles. The van der Waals surface area contributed by atoms with Crippen molar-refractivity contribution in [3.05, 3.63) is 68.2 Å². The standard InChI is InChI=1S/C31H42OS2Si/c1-20(2)35(21(3)4,22(5)6)32-19-26-17-29(23(7)33-26)27-15-12-16-28(27)30-18-31(34-24(30)8)25-13-10-9-11-14-25/h9-11,13-14,17-18,20-22H,12,15-16,19H2,1-8H3. The Morgan fingerprint density at radius 2 is 1.31 bits per heavy atom. The summed E-state index contributed by atoms with van der Waals surface area (Å²) in [6, 6.07) is 15.7. The molecule has 2 heterocycles. The number of rotatable bonds is 9. The van der Waals surface area contributed by atoms with E-state index >= 15 is 0 Å². The molecule has 4 heteroatoms. The Bertz CT molecular complexity index is 1160. The summed E-state index contributed by atoms with van der Waals surface area (Å²) >= 11 is 3.88. The molecule has 1 aliphatic rings. The van der Waals surface area contributed by atoms with Crippen LogP contribution in [0.4, 0.5) is 0 Å². The van der Waals surface area contributed by atoms with Gasteiger partial charge in [0.15, 0.2) is 0 Å². The lowest BCUT2D eigenvalue weighted by atomic mass is 9.97. The summed E-state index contributed by atoms with van der Waals surface area (Å²) in [6.07, 6.45) is 3.63. The fraction of sp³-hybridized carbons (Fsp3) is 0.484. The van der Waals surface area contributed by atoms with Crippen LogP contribution >= 0.6 is 22.7 Å². The van der Waals surface area contributed by atoms with Crippen molar-refractivity contribution in [1.82, 2.24) is 0 Å². The molecule has 0 bridgehead atoms. The zero-order valence-corrected chi connectivity index (χ0v) is 25.5. The summed E-state index contributed by atoms with van der Waals surface area (Å²) in [5, 5.41) is 0. The van der Waals surface area contributed by atoms with E-state index < -0.39 is 8.32 Å². The maximum atomic E-state index is 6.95. The van der Waals surface area contributed by atoms with Crippen LogP contribution in [0.25, 0.3) is 21.6 Å². The first-order chi connectivity index (χ1) is 16.6. The van der Waals surface area contributed by atoms with Crippen LogP contribution in [0.3, 0.4) is 0 Å². The second-order valence-electron chi connectivity index (χ2n) is 11.0. The third-order valence-electron chi connectivity index (χ3n) is 7.98. The highest BCUT2D eigenvalue weighted by molar-refractivity contribution is 7.15. The van der Waals surface area contributed by atoms with Crippen LogP contribution in [0.2, 0.25) is 16.6 Å². The van der Waals surface area contributed by atoms with E-state index in [1.165, 1.54) is 55.5 Å². The largest absolute Gasteiger partial charge is 0.411 e. The van der Waals surface area contributed by atoms with Crippen LogP contribution in [0.1, 0.15) is 86.6 Å². The molecule has 0 unspecified atom stereocenters. The number of allylic oxidation sites excluding steroid dienone is 2. The predicted molar refractivity (Wildman–Crippen MR) is 160 cm³/mol. The average molecular weight is 523 g/mol. The highest BCUT2D eigenvalue weighted by Gasteiger charge is 2.45. The maximum absolute atomic E-state index is 6.95. The molecule has 0 amide bonds. The van der Waals surface area contributed by atoms with Gasteiger partial charge in [-0.1, -0.05) is 71.9 Å². The maximum Gasteiger partial charge on any atom is 0.200 e. The van der Waals surface area contributed by atoms with Gasteiger partial charge in [0, 0.05) is 19.5 Å². The molecule has 1 aliphatic carbocycles. The molecule has 0 saturated carbocycles. The molecule has 2 aromatic heterocycles. The zero-order valence-electron chi connectivity index (χ0n) is 22.8. The molecule has 0 fully saturated rings. The average Bonchev–Trinajstić information content (AvgIpc) is 3.52. The molecule has 0 aliphatic heterocycles. The number of benzene rings is 1. The van der Waals surface area contributed by atoms with Crippen molar-refractivity contribution in [1.29, 1.82) is 0 Å². The van der Waals surface area contributed by atoms with E-state index in [-0.39, 0.29) is 0 Å². The summed E-state index contributed by atoms with van der Waals surface area (Å²) in [4.78, 5) is 5.66. The van der Waals surface area contributed by atoms with Crippen LogP contribution in [0.5, 0.6) is 0 Å². The Labute approximate surface area is 222 Å². The quantitative estimate of drug-likeness (QED) is 0.254. The molecule has 1 aromatic carbocycles. The zero-order chi connectivity index (χ0) is 25.3. The van der Waals surface area contributed by atoms with Gasteiger partial charge in [-0.15, -0.1) is 22.7 Å². The molecular formula is C31H42OS2Si. The minimum Gasteiger partial charge on any atom is -0.411 e. The van der Waals surface area contributed by atoms with Gasteiger partial charge in [0.05, 0.1) is 6.61 Å². The van der Waals surface area contributed by atoms with E-state index in [2.05, 4.69) is 97.9 Å². The Kier molecular flexibility index (Phi) is 8.27. The molecular weight excluding hydrogens is 481 g/mol. The highest BCUT2D eigenvalue weighted by atomic mass is 32.1. The Balaban J connectivity index is 1.64. The van der Waals surface area contributed by atoms with Crippen molar-refractivity contribution in [2.24, 2.45) is 0 Å². The van der Waals surface area contributed by atoms with Gasteiger partial charge in [-0.05, 0) is 89.7 Å². The molecule has 1 nitrogen and oxygen atoms in total. The minimum atomic E-state index is -1.86. The van der Waals surface area contributed by atoms with Gasteiger partial charge in [-0.2, -0.15) is 0 Å². The predicted octanol–water partition coefficient (Wildman–Crippen LogP) is 10.9. The Hall–Kier alpha value is -1.46. The van der Waals surface area contributed by atoms with E-state index in [1.54, 1.807) is 11.1 Å². The van der Waals surface area contributed by atoms with Crippen LogP contribution < -0.4 is 0 Å². The van der Waals surface area contributed by atoms with Gasteiger partial charge in [-0.3, -0.25) is 0 Å². The van der Waals surface area contributed by atoms with Gasteiger partial charge < -0.3 is 4.43 Å². The van der Waals surface area contributed by atoms with Crippen molar-refractivity contribution in [2.45, 2.75) is 97.9 Å². The Morgan fingerprint density at radius 1 is 0.771 bits per heavy atom. The fourth-order valence-corrected chi connectivity index (χ4v) is 14.0. The third kappa shape index (κ3) is 5.18. The van der Waals surface area contributed by atoms with E-state index in [0.717, 1.165) is 6.61 Å². The molecule has 3 aromatic rings. The minimum absolute atomic E-state index is 0.618. The number of thiophene rings is 2. The van der Waals surface area contributed by atoms with Crippen molar-refractivity contribution >= 4 is 42.1 Å². The second kappa shape index (κ2) is 10.9. The monoisotopic (exact) mass is 522 g/mol. The van der Waals surface area contributed by atoms with Gasteiger partial charge in [0.2, 0.25) is 8.32 Å². The molecule has 0 radical (unpaired) electrons. The van der Waals surface area contributed by atoms with Crippen LogP contribution in [-0.2, 0) is 11.0 Å². The normalized spacial score (nSPS) is 14.8. The topological polar surface area (TPSA) is 9.23 Å². The van der Waals surface area contributed by atoms with E-state index in [0.29, 0.717) is 16.6 Å². The number of hydrogen-bond donors (Lipinski definition) is 0. The molecule has 35 heavy (non-hydrogen) atoms. The summed E-state index contributed by atoms with van der Waals surface area (Å²) in [5.74, 6) is 0. The van der Waals surface area contributed by atoms with Crippen LogP contribution in [0, 0.1) is 13.8 Å². The van der Waals surface area contributed by atoms with Crippen molar-refractivity contribution in [2.75, 3.05) is 0 Å². The SMILES string of the molecule is Cc1sc(CO[Si](C(C)C)(C(C)C)C(C)C)cc1C1=C(c2cc(-c3ccccc3)sc2C)CCC1. The van der Waals surface area contributed by atoms with Crippen molar-refractivity contribution < 1.29 is 4.43 Å². The van der Waals surface area contributed by atoms with Crippen LogP contribution in [-0.4, -0.2) is 8.32 Å². The second-order valence-corrected chi connectivity index (χ2v) is 19.1. The summed E-state index contributed by atoms with van der Waals surface area (Å²) in [5.41, 5.74) is 9.27. The summed E-state index contributed by atoms with van der Waals surface area (Å²) in [7, 11) is -1.86.